The van der Waals surface area contributed by atoms with E-state index in [2.05, 4.69) is 19.1 Å². The third kappa shape index (κ3) is 2.92. The molecular formula is C16H22O2. The molecule has 1 aromatic rings. The Bertz CT molecular complexity index is 419. The number of ether oxygens (including phenoxy) is 1. The summed E-state index contributed by atoms with van der Waals surface area (Å²) in [5, 5.41) is 0. The van der Waals surface area contributed by atoms with Gasteiger partial charge in [0.1, 0.15) is 5.75 Å². The van der Waals surface area contributed by atoms with Crippen LogP contribution in [-0.2, 0) is 4.79 Å². The average Bonchev–Trinajstić information content (AvgIpc) is 2.34. The number of esters is 1. The first-order valence-corrected chi connectivity index (χ1v) is 6.87. The topological polar surface area (TPSA) is 26.3 Å². The first-order valence-electron chi connectivity index (χ1n) is 6.87. The van der Waals surface area contributed by atoms with E-state index in [4.69, 9.17) is 4.74 Å². The predicted molar refractivity (Wildman–Crippen MR) is 72.9 cm³/mol. The highest BCUT2D eigenvalue weighted by atomic mass is 16.5. The molecule has 0 N–H and O–H groups in total. The van der Waals surface area contributed by atoms with Gasteiger partial charge in [0.25, 0.3) is 0 Å². The van der Waals surface area contributed by atoms with Crippen LogP contribution in [0.25, 0.3) is 0 Å². The number of hydrogen-bond acceptors (Lipinski definition) is 2. The molecule has 18 heavy (non-hydrogen) atoms. The second-order valence-corrected chi connectivity index (χ2v) is 5.48. The van der Waals surface area contributed by atoms with Crippen LogP contribution in [0.5, 0.6) is 5.75 Å². The van der Waals surface area contributed by atoms with Crippen molar-refractivity contribution in [3.63, 3.8) is 0 Å². The number of rotatable bonds is 2. The lowest BCUT2D eigenvalue weighted by atomic mass is 9.89. The molecule has 1 aliphatic rings. The molecule has 0 aliphatic heterocycles. The Hall–Kier alpha value is -1.31. The van der Waals surface area contributed by atoms with E-state index in [0.29, 0.717) is 0 Å². The molecular weight excluding hydrogens is 224 g/mol. The minimum atomic E-state index is -0.0373. The molecule has 0 aromatic heterocycles. The van der Waals surface area contributed by atoms with Crippen LogP contribution in [0.1, 0.15) is 48.8 Å². The molecule has 2 nitrogen and oxygen atoms in total. The number of benzene rings is 1. The van der Waals surface area contributed by atoms with Crippen molar-refractivity contribution in [3.8, 4) is 5.75 Å². The van der Waals surface area contributed by atoms with Gasteiger partial charge in [0.15, 0.2) is 0 Å². The first kappa shape index (κ1) is 13.1. The van der Waals surface area contributed by atoms with Gasteiger partial charge in [-0.3, -0.25) is 4.79 Å². The molecule has 2 rings (SSSR count). The summed E-state index contributed by atoms with van der Waals surface area (Å²) >= 11 is 0. The van der Waals surface area contributed by atoms with Crippen molar-refractivity contribution < 1.29 is 9.53 Å². The van der Waals surface area contributed by atoms with E-state index in [9.17, 15) is 4.79 Å². The Morgan fingerprint density at radius 3 is 2.17 bits per heavy atom. The molecule has 1 fully saturated rings. The third-order valence-electron chi connectivity index (χ3n) is 3.75. The van der Waals surface area contributed by atoms with Gasteiger partial charge in [0.05, 0.1) is 5.92 Å². The molecule has 0 unspecified atom stereocenters. The van der Waals surface area contributed by atoms with E-state index in [1.54, 1.807) is 0 Å². The maximum Gasteiger partial charge on any atom is 0.314 e. The first-order chi connectivity index (χ1) is 8.58. The Morgan fingerprint density at radius 1 is 1.06 bits per heavy atom. The average molecular weight is 246 g/mol. The molecule has 2 heteroatoms. The predicted octanol–water partition coefficient (Wildman–Crippen LogP) is 4.10. The van der Waals surface area contributed by atoms with Gasteiger partial charge in [-0.05, 0) is 44.7 Å². The highest BCUT2D eigenvalue weighted by Gasteiger charge is 2.23. The Morgan fingerprint density at radius 2 is 1.61 bits per heavy atom. The van der Waals surface area contributed by atoms with Crippen LogP contribution >= 0.6 is 0 Å². The smallest absolute Gasteiger partial charge is 0.314 e. The van der Waals surface area contributed by atoms with E-state index in [1.165, 1.54) is 12.0 Å². The normalized spacial score (nSPS) is 16.6. The molecule has 0 radical (unpaired) electrons. The monoisotopic (exact) mass is 246 g/mol. The van der Waals surface area contributed by atoms with Crippen LogP contribution in [0.3, 0.4) is 0 Å². The molecule has 0 atom stereocenters. The lowest BCUT2D eigenvalue weighted by Gasteiger charge is -2.21. The van der Waals surface area contributed by atoms with Crippen LogP contribution in [0, 0.1) is 26.7 Å². The Labute approximate surface area is 109 Å². The summed E-state index contributed by atoms with van der Waals surface area (Å²) in [5.74, 6) is 0.833. The van der Waals surface area contributed by atoms with Crippen molar-refractivity contribution in [2.75, 3.05) is 0 Å². The summed E-state index contributed by atoms with van der Waals surface area (Å²) in [5.41, 5.74) is 3.32. The van der Waals surface area contributed by atoms with Gasteiger partial charge >= 0.3 is 5.97 Å². The zero-order valence-electron chi connectivity index (χ0n) is 11.6. The molecule has 1 aliphatic carbocycles. The van der Waals surface area contributed by atoms with E-state index >= 15 is 0 Å². The van der Waals surface area contributed by atoms with Gasteiger partial charge in [0.2, 0.25) is 0 Å². The minimum Gasteiger partial charge on any atom is -0.426 e. The van der Waals surface area contributed by atoms with Gasteiger partial charge < -0.3 is 4.74 Å². The number of carbonyl (C=O) groups is 1. The SMILES string of the molecule is Cc1cc(C)c(OC(=O)C2CCCCC2)c(C)c1. The van der Waals surface area contributed by atoms with Crippen LogP contribution in [0.2, 0.25) is 0 Å². The van der Waals surface area contributed by atoms with Crippen LogP contribution in [0.4, 0.5) is 0 Å². The van der Waals surface area contributed by atoms with Gasteiger partial charge in [-0.2, -0.15) is 0 Å². The van der Waals surface area contributed by atoms with Crippen LogP contribution in [-0.4, -0.2) is 5.97 Å². The summed E-state index contributed by atoms with van der Waals surface area (Å²) in [6, 6.07) is 4.13. The van der Waals surface area contributed by atoms with Crippen LogP contribution < -0.4 is 4.74 Å². The molecule has 0 spiro atoms. The molecule has 0 amide bonds. The molecule has 1 aromatic carbocycles. The fourth-order valence-corrected chi connectivity index (χ4v) is 2.85. The summed E-state index contributed by atoms with van der Waals surface area (Å²) in [4.78, 5) is 12.1. The molecule has 98 valence electrons. The van der Waals surface area contributed by atoms with E-state index < -0.39 is 0 Å². The molecule has 0 saturated heterocycles. The molecule has 0 heterocycles. The lowest BCUT2D eigenvalue weighted by molar-refractivity contribution is -0.140. The maximum absolute atomic E-state index is 12.1. The summed E-state index contributed by atoms with van der Waals surface area (Å²) < 4.78 is 5.63. The van der Waals surface area contributed by atoms with Crippen molar-refractivity contribution in [3.05, 3.63) is 28.8 Å². The fourth-order valence-electron chi connectivity index (χ4n) is 2.85. The number of aryl methyl sites for hydroxylation is 3. The quantitative estimate of drug-likeness (QED) is 0.580. The van der Waals surface area contributed by atoms with Crippen molar-refractivity contribution >= 4 is 5.97 Å². The number of hydrogen-bond donors (Lipinski definition) is 0. The van der Waals surface area contributed by atoms with Gasteiger partial charge in [-0.1, -0.05) is 37.0 Å². The molecule has 1 saturated carbocycles. The number of carbonyl (C=O) groups excluding carboxylic acids is 1. The van der Waals surface area contributed by atoms with Gasteiger partial charge in [0, 0.05) is 0 Å². The maximum atomic E-state index is 12.1. The van der Waals surface area contributed by atoms with Crippen molar-refractivity contribution in [1.82, 2.24) is 0 Å². The second-order valence-electron chi connectivity index (χ2n) is 5.48. The summed E-state index contributed by atoms with van der Waals surface area (Å²) in [6.07, 6.45) is 5.55. The Balaban J connectivity index is 2.11. The largest absolute Gasteiger partial charge is 0.426 e. The summed E-state index contributed by atoms with van der Waals surface area (Å²) in [6.45, 7) is 6.07. The van der Waals surface area contributed by atoms with Crippen molar-refractivity contribution in [1.29, 1.82) is 0 Å². The Kier molecular flexibility index (Phi) is 4.05. The lowest BCUT2D eigenvalue weighted by Crippen LogP contribution is -2.23. The third-order valence-corrected chi connectivity index (χ3v) is 3.75. The van der Waals surface area contributed by atoms with Crippen molar-refractivity contribution in [2.45, 2.75) is 52.9 Å². The fraction of sp³-hybridized carbons (Fsp3) is 0.562. The molecule has 0 bridgehead atoms. The van der Waals surface area contributed by atoms with E-state index in [0.717, 1.165) is 42.6 Å². The highest BCUT2D eigenvalue weighted by molar-refractivity contribution is 5.76. The second kappa shape index (κ2) is 5.55. The zero-order valence-corrected chi connectivity index (χ0v) is 11.6. The van der Waals surface area contributed by atoms with E-state index in [1.807, 2.05) is 13.8 Å². The van der Waals surface area contributed by atoms with E-state index in [-0.39, 0.29) is 11.9 Å². The van der Waals surface area contributed by atoms with Crippen LogP contribution in [0.15, 0.2) is 12.1 Å². The van der Waals surface area contributed by atoms with Gasteiger partial charge in [-0.15, -0.1) is 0 Å². The highest BCUT2D eigenvalue weighted by Crippen LogP contribution is 2.29. The zero-order chi connectivity index (χ0) is 13.1. The summed E-state index contributed by atoms with van der Waals surface area (Å²) in [7, 11) is 0. The standard InChI is InChI=1S/C16H22O2/c1-11-9-12(2)15(13(3)10-11)18-16(17)14-7-5-4-6-8-14/h9-10,14H,4-8H2,1-3H3. The van der Waals surface area contributed by atoms with Gasteiger partial charge in [-0.25, -0.2) is 0 Å². The van der Waals surface area contributed by atoms with Crippen molar-refractivity contribution in [2.24, 2.45) is 5.92 Å². The minimum absolute atomic E-state index is 0.0373.